The van der Waals surface area contributed by atoms with E-state index in [-0.39, 0.29) is 0 Å². The fraction of sp³-hybridized carbons (Fsp3) is 0.375. The standard InChI is InChI=1S/C8H12N4/c1-6-5-12(10-4)8(9-3)11-7(6)2/h5H,4H2,1-3H3. The van der Waals surface area contributed by atoms with Gasteiger partial charge in [0.25, 0.3) is 0 Å². The summed E-state index contributed by atoms with van der Waals surface area (Å²) in [4.78, 5) is 8.19. The van der Waals surface area contributed by atoms with Crippen LogP contribution in [0.15, 0.2) is 16.3 Å². The molecule has 64 valence electrons. The van der Waals surface area contributed by atoms with E-state index in [0.717, 1.165) is 11.3 Å². The molecule has 12 heavy (non-hydrogen) atoms. The molecule has 4 nitrogen and oxygen atoms in total. The van der Waals surface area contributed by atoms with Gasteiger partial charge in [0, 0.05) is 25.7 Å². The van der Waals surface area contributed by atoms with Gasteiger partial charge in [-0.25, -0.2) is 9.66 Å². The summed E-state index contributed by atoms with van der Waals surface area (Å²) in [7, 11) is 1.68. The molecule has 0 saturated carbocycles. The summed E-state index contributed by atoms with van der Waals surface area (Å²) in [6, 6.07) is 0. The van der Waals surface area contributed by atoms with E-state index in [9.17, 15) is 0 Å². The highest BCUT2D eigenvalue weighted by Crippen LogP contribution is 1.97. The first-order valence-corrected chi connectivity index (χ1v) is 3.65. The van der Waals surface area contributed by atoms with E-state index in [0.29, 0.717) is 5.62 Å². The molecule has 0 N–H and O–H groups in total. The van der Waals surface area contributed by atoms with Crippen LogP contribution in [-0.4, -0.2) is 23.4 Å². The third-order valence-electron chi connectivity index (χ3n) is 1.71. The first-order chi connectivity index (χ1) is 5.69. The predicted molar refractivity (Wildman–Crippen MR) is 48.1 cm³/mol. The molecule has 0 amide bonds. The molecule has 1 heterocycles. The second-order valence-corrected chi connectivity index (χ2v) is 2.52. The molecular formula is C8H12N4. The predicted octanol–water partition coefficient (Wildman–Crippen LogP) is 0.494. The van der Waals surface area contributed by atoms with Gasteiger partial charge in [0.1, 0.15) is 0 Å². The van der Waals surface area contributed by atoms with Gasteiger partial charge in [-0.2, -0.15) is 5.10 Å². The van der Waals surface area contributed by atoms with Crippen molar-refractivity contribution >= 4 is 6.72 Å². The average Bonchev–Trinajstić information content (AvgIpc) is 2.09. The largest absolute Gasteiger partial charge is 0.253 e. The zero-order valence-corrected chi connectivity index (χ0v) is 7.57. The molecule has 0 bridgehead atoms. The van der Waals surface area contributed by atoms with Crippen LogP contribution in [-0.2, 0) is 0 Å². The Morgan fingerprint density at radius 1 is 1.50 bits per heavy atom. The van der Waals surface area contributed by atoms with Crippen molar-refractivity contribution in [3.63, 3.8) is 0 Å². The lowest BCUT2D eigenvalue weighted by Gasteiger charge is -2.02. The third-order valence-corrected chi connectivity index (χ3v) is 1.71. The molecule has 0 aromatic carbocycles. The fourth-order valence-corrected chi connectivity index (χ4v) is 0.881. The normalized spacial score (nSPS) is 11.8. The van der Waals surface area contributed by atoms with Gasteiger partial charge in [-0.15, -0.1) is 0 Å². The summed E-state index contributed by atoms with van der Waals surface area (Å²) in [5.41, 5.74) is 2.62. The molecule has 1 aromatic rings. The van der Waals surface area contributed by atoms with E-state index in [1.807, 2.05) is 20.0 Å². The average molecular weight is 164 g/mol. The number of aromatic nitrogens is 2. The molecule has 1 rings (SSSR count). The summed E-state index contributed by atoms with van der Waals surface area (Å²) in [6.07, 6.45) is 1.86. The summed E-state index contributed by atoms with van der Waals surface area (Å²) >= 11 is 0. The summed E-state index contributed by atoms with van der Waals surface area (Å²) in [5, 5.41) is 3.75. The van der Waals surface area contributed by atoms with Crippen molar-refractivity contribution in [1.82, 2.24) is 9.66 Å². The van der Waals surface area contributed by atoms with Crippen molar-refractivity contribution in [3.05, 3.63) is 23.1 Å². The molecule has 0 fully saturated rings. The maximum Gasteiger partial charge on any atom is 0.245 e. The highest BCUT2D eigenvalue weighted by atomic mass is 15.4. The van der Waals surface area contributed by atoms with E-state index in [2.05, 4.69) is 21.8 Å². The summed E-state index contributed by atoms with van der Waals surface area (Å²) in [6.45, 7) is 7.34. The van der Waals surface area contributed by atoms with Gasteiger partial charge in [0.15, 0.2) is 0 Å². The zero-order valence-electron chi connectivity index (χ0n) is 7.57. The van der Waals surface area contributed by atoms with Crippen LogP contribution in [0.5, 0.6) is 0 Å². The fourth-order valence-electron chi connectivity index (χ4n) is 0.881. The Labute approximate surface area is 71.3 Å². The highest BCUT2D eigenvalue weighted by molar-refractivity contribution is 5.23. The topological polar surface area (TPSA) is 42.5 Å². The number of aryl methyl sites for hydroxylation is 2. The Bertz CT molecular complexity index is 362. The smallest absolute Gasteiger partial charge is 0.245 e. The third kappa shape index (κ3) is 1.42. The van der Waals surface area contributed by atoms with Crippen LogP contribution in [0.4, 0.5) is 0 Å². The van der Waals surface area contributed by atoms with E-state index in [4.69, 9.17) is 0 Å². The van der Waals surface area contributed by atoms with Gasteiger partial charge in [0.2, 0.25) is 5.62 Å². The minimum absolute atomic E-state index is 0.577. The van der Waals surface area contributed by atoms with Crippen LogP contribution in [0.25, 0.3) is 0 Å². The SMILES string of the molecule is C=Nn1cc(C)c(C)nc1=NC. The van der Waals surface area contributed by atoms with Crippen LogP contribution in [0, 0.1) is 13.8 Å². The number of rotatable bonds is 1. The first kappa shape index (κ1) is 8.64. The Kier molecular flexibility index (Phi) is 2.38. The zero-order chi connectivity index (χ0) is 9.14. The first-order valence-electron chi connectivity index (χ1n) is 3.65. The lowest BCUT2D eigenvalue weighted by atomic mass is 10.3. The van der Waals surface area contributed by atoms with Gasteiger partial charge in [-0.3, -0.25) is 4.99 Å². The van der Waals surface area contributed by atoms with Crippen LogP contribution in [0.2, 0.25) is 0 Å². The maximum atomic E-state index is 4.22. The van der Waals surface area contributed by atoms with Gasteiger partial charge in [-0.05, 0) is 19.4 Å². The van der Waals surface area contributed by atoms with Crippen LogP contribution >= 0.6 is 0 Å². The molecular weight excluding hydrogens is 152 g/mol. The maximum absolute atomic E-state index is 4.22. The molecule has 0 radical (unpaired) electrons. The minimum atomic E-state index is 0.577. The molecule has 0 aliphatic heterocycles. The van der Waals surface area contributed by atoms with Crippen LogP contribution in [0.1, 0.15) is 11.3 Å². The van der Waals surface area contributed by atoms with Gasteiger partial charge >= 0.3 is 0 Å². The second kappa shape index (κ2) is 3.30. The summed E-state index contributed by atoms with van der Waals surface area (Å²) in [5.74, 6) is 0. The molecule has 1 aromatic heterocycles. The molecule has 0 spiro atoms. The molecule has 0 atom stereocenters. The van der Waals surface area contributed by atoms with Crippen molar-refractivity contribution in [2.24, 2.45) is 10.1 Å². The summed E-state index contributed by atoms with van der Waals surface area (Å²) < 4.78 is 1.56. The van der Waals surface area contributed by atoms with E-state index in [1.54, 1.807) is 11.7 Å². The van der Waals surface area contributed by atoms with Gasteiger partial charge < -0.3 is 0 Å². The number of hydrogen-bond acceptors (Lipinski definition) is 3. The Morgan fingerprint density at radius 3 is 2.67 bits per heavy atom. The Hall–Kier alpha value is -1.45. The van der Waals surface area contributed by atoms with E-state index in [1.165, 1.54) is 0 Å². The van der Waals surface area contributed by atoms with Gasteiger partial charge in [0.05, 0.1) is 0 Å². The number of hydrogen-bond donors (Lipinski definition) is 0. The molecule has 0 saturated heterocycles. The minimum Gasteiger partial charge on any atom is -0.253 e. The molecule has 0 aliphatic rings. The van der Waals surface area contributed by atoms with Crippen molar-refractivity contribution in [1.29, 1.82) is 0 Å². The van der Waals surface area contributed by atoms with Crippen molar-refractivity contribution < 1.29 is 0 Å². The Morgan fingerprint density at radius 2 is 2.17 bits per heavy atom. The quantitative estimate of drug-likeness (QED) is 0.557. The highest BCUT2D eigenvalue weighted by Gasteiger charge is 1.96. The van der Waals surface area contributed by atoms with Crippen molar-refractivity contribution in [3.8, 4) is 0 Å². The lowest BCUT2D eigenvalue weighted by Crippen LogP contribution is -2.22. The van der Waals surface area contributed by atoms with Crippen molar-refractivity contribution in [2.45, 2.75) is 13.8 Å². The molecule has 0 unspecified atom stereocenters. The molecule has 4 heteroatoms. The van der Waals surface area contributed by atoms with Crippen molar-refractivity contribution in [2.75, 3.05) is 7.05 Å². The van der Waals surface area contributed by atoms with E-state index < -0.39 is 0 Å². The monoisotopic (exact) mass is 164 g/mol. The van der Waals surface area contributed by atoms with Crippen LogP contribution < -0.4 is 5.62 Å². The molecule has 0 aliphatic carbocycles. The lowest BCUT2D eigenvalue weighted by molar-refractivity contribution is 0.740. The number of nitrogens with zero attached hydrogens (tertiary/aromatic N) is 4. The van der Waals surface area contributed by atoms with E-state index >= 15 is 0 Å². The second-order valence-electron chi connectivity index (χ2n) is 2.52. The van der Waals surface area contributed by atoms with Crippen LogP contribution in [0.3, 0.4) is 0 Å². The Balaban J connectivity index is 3.50. The van der Waals surface area contributed by atoms with Gasteiger partial charge in [-0.1, -0.05) is 0 Å².